The van der Waals surface area contributed by atoms with Gasteiger partial charge < -0.3 is 0 Å². The van der Waals surface area contributed by atoms with Crippen molar-refractivity contribution in [2.45, 2.75) is 60.8 Å². The smallest absolute Gasteiger partial charge is 0.0132 e. The van der Waals surface area contributed by atoms with Gasteiger partial charge in [0.2, 0.25) is 0 Å². The molecular weight excluding hydrogens is 180 g/mol. The lowest BCUT2D eigenvalue weighted by Gasteiger charge is -2.19. The highest BCUT2D eigenvalue weighted by Crippen LogP contribution is 2.22. The SMILES string of the molecule is CC.CC.Cc1cccc(C(C)(C)C)c1. The highest BCUT2D eigenvalue weighted by atomic mass is 14.2. The van der Waals surface area contributed by atoms with Crippen molar-refractivity contribution in [1.29, 1.82) is 0 Å². The minimum Gasteiger partial charge on any atom is -0.0683 e. The summed E-state index contributed by atoms with van der Waals surface area (Å²) in [5.41, 5.74) is 3.04. The van der Waals surface area contributed by atoms with Gasteiger partial charge in [-0.1, -0.05) is 78.3 Å². The zero-order valence-electron chi connectivity index (χ0n) is 11.8. The van der Waals surface area contributed by atoms with Crippen LogP contribution >= 0.6 is 0 Å². The second-order valence-electron chi connectivity index (χ2n) is 4.12. The van der Waals surface area contributed by atoms with Crippen LogP contribution in [0.4, 0.5) is 0 Å². The average Bonchev–Trinajstić information content (AvgIpc) is 2.23. The largest absolute Gasteiger partial charge is 0.0683 e. The highest BCUT2D eigenvalue weighted by molar-refractivity contribution is 5.27. The minimum atomic E-state index is 0.284. The van der Waals surface area contributed by atoms with Gasteiger partial charge in [-0.15, -0.1) is 0 Å². The molecule has 0 amide bonds. The highest BCUT2D eigenvalue weighted by Gasteiger charge is 2.12. The van der Waals surface area contributed by atoms with Crippen LogP contribution in [-0.4, -0.2) is 0 Å². The molecule has 0 N–H and O–H groups in total. The van der Waals surface area contributed by atoms with Crippen molar-refractivity contribution in [2.75, 3.05) is 0 Å². The Morgan fingerprint density at radius 3 is 1.60 bits per heavy atom. The normalized spacial score (nSPS) is 9.33. The third-order valence-corrected chi connectivity index (χ3v) is 1.88. The average molecular weight is 208 g/mol. The topological polar surface area (TPSA) is 0 Å². The molecule has 1 aromatic rings. The number of benzene rings is 1. The van der Waals surface area contributed by atoms with Crippen LogP contribution in [0.5, 0.6) is 0 Å². The van der Waals surface area contributed by atoms with Crippen LogP contribution in [-0.2, 0) is 5.41 Å². The van der Waals surface area contributed by atoms with Crippen molar-refractivity contribution in [2.24, 2.45) is 0 Å². The third kappa shape index (κ3) is 7.18. The molecule has 0 spiro atoms. The summed E-state index contributed by atoms with van der Waals surface area (Å²) in [7, 11) is 0. The number of aryl methyl sites for hydroxylation is 1. The predicted molar refractivity (Wildman–Crippen MR) is 72.6 cm³/mol. The summed E-state index contributed by atoms with van der Waals surface area (Å²) in [5, 5.41) is 0. The van der Waals surface area contributed by atoms with Crippen molar-refractivity contribution in [3.05, 3.63) is 35.4 Å². The van der Waals surface area contributed by atoms with E-state index in [-0.39, 0.29) is 5.41 Å². The van der Waals surface area contributed by atoms with Crippen molar-refractivity contribution in [3.63, 3.8) is 0 Å². The van der Waals surface area contributed by atoms with Gasteiger partial charge >= 0.3 is 0 Å². The Labute approximate surface area is 96.7 Å². The molecule has 0 aliphatic heterocycles. The summed E-state index contributed by atoms with van der Waals surface area (Å²) in [4.78, 5) is 0. The van der Waals surface area contributed by atoms with E-state index >= 15 is 0 Å². The van der Waals surface area contributed by atoms with Crippen LogP contribution < -0.4 is 0 Å². The molecule has 0 unspecified atom stereocenters. The molecule has 0 saturated heterocycles. The van der Waals surface area contributed by atoms with E-state index < -0.39 is 0 Å². The summed E-state index contributed by atoms with van der Waals surface area (Å²) < 4.78 is 0. The van der Waals surface area contributed by atoms with E-state index in [2.05, 4.69) is 52.0 Å². The lowest BCUT2D eigenvalue weighted by atomic mass is 9.86. The van der Waals surface area contributed by atoms with Crippen LogP contribution in [0.3, 0.4) is 0 Å². The van der Waals surface area contributed by atoms with E-state index in [1.807, 2.05) is 27.7 Å². The molecule has 0 aliphatic carbocycles. The quantitative estimate of drug-likeness (QED) is 0.539. The molecule has 0 heterocycles. The minimum absolute atomic E-state index is 0.284. The van der Waals surface area contributed by atoms with E-state index in [0.29, 0.717) is 0 Å². The first-order valence-corrected chi connectivity index (χ1v) is 6.07. The van der Waals surface area contributed by atoms with E-state index in [1.54, 1.807) is 0 Å². The lowest BCUT2D eigenvalue weighted by molar-refractivity contribution is 0.590. The van der Waals surface area contributed by atoms with Crippen molar-refractivity contribution in [3.8, 4) is 0 Å². The fourth-order valence-corrected chi connectivity index (χ4v) is 1.11. The molecule has 0 heteroatoms. The van der Waals surface area contributed by atoms with Gasteiger partial charge in [-0.3, -0.25) is 0 Å². The van der Waals surface area contributed by atoms with Gasteiger partial charge in [-0.25, -0.2) is 0 Å². The number of hydrogen-bond donors (Lipinski definition) is 0. The van der Waals surface area contributed by atoms with E-state index in [1.165, 1.54) is 11.1 Å². The van der Waals surface area contributed by atoms with E-state index in [4.69, 9.17) is 0 Å². The maximum absolute atomic E-state index is 2.25. The fourth-order valence-electron chi connectivity index (χ4n) is 1.11. The van der Waals surface area contributed by atoms with E-state index in [0.717, 1.165) is 0 Å². The van der Waals surface area contributed by atoms with Gasteiger partial charge in [-0.05, 0) is 17.9 Å². The van der Waals surface area contributed by atoms with Crippen LogP contribution in [0.15, 0.2) is 24.3 Å². The summed E-state index contributed by atoms with van der Waals surface area (Å²) >= 11 is 0. The maximum atomic E-state index is 2.25. The molecule has 1 rings (SSSR count). The number of rotatable bonds is 0. The molecule has 0 saturated carbocycles. The Bertz CT molecular complexity index is 240. The van der Waals surface area contributed by atoms with Crippen LogP contribution in [0, 0.1) is 6.92 Å². The van der Waals surface area contributed by atoms with Crippen LogP contribution in [0.25, 0.3) is 0 Å². The van der Waals surface area contributed by atoms with Gasteiger partial charge in [0.15, 0.2) is 0 Å². The van der Waals surface area contributed by atoms with Gasteiger partial charge in [0, 0.05) is 0 Å². The Balaban J connectivity index is 0. The molecule has 0 fully saturated rings. The Morgan fingerprint density at radius 2 is 1.33 bits per heavy atom. The van der Waals surface area contributed by atoms with Gasteiger partial charge in [0.05, 0.1) is 0 Å². The molecule has 0 atom stereocenters. The summed E-state index contributed by atoms with van der Waals surface area (Å²) in [6, 6.07) is 8.69. The molecule has 0 aliphatic rings. The maximum Gasteiger partial charge on any atom is -0.0132 e. The Morgan fingerprint density at radius 1 is 0.867 bits per heavy atom. The zero-order valence-corrected chi connectivity index (χ0v) is 11.8. The second-order valence-corrected chi connectivity index (χ2v) is 4.12. The third-order valence-electron chi connectivity index (χ3n) is 1.88. The Kier molecular flexibility index (Phi) is 9.46. The van der Waals surface area contributed by atoms with Crippen molar-refractivity contribution in [1.82, 2.24) is 0 Å². The summed E-state index contributed by atoms with van der Waals surface area (Å²) in [6.07, 6.45) is 0. The summed E-state index contributed by atoms with van der Waals surface area (Å²) in [6.45, 7) is 16.8. The standard InChI is InChI=1S/C11H16.2C2H6/c1-9-6-5-7-10(8-9)11(2,3)4;2*1-2/h5-8H,1-4H3;2*1-2H3. The monoisotopic (exact) mass is 208 g/mol. The van der Waals surface area contributed by atoms with Crippen LogP contribution in [0.2, 0.25) is 0 Å². The molecule has 0 bridgehead atoms. The van der Waals surface area contributed by atoms with Crippen LogP contribution in [0.1, 0.15) is 59.6 Å². The van der Waals surface area contributed by atoms with Gasteiger partial charge in [0.25, 0.3) is 0 Å². The lowest BCUT2D eigenvalue weighted by Crippen LogP contribution is -2.10. The molecule has 0 radical (unpaired) electrons. The first kappa shape index (κ1) is 16.6. The second kappa shape index (κ2) is 8.52. The van der Waals surface area contributed by atoms with Gasteiger partial charge in [0.1, 0.15) is 0 Å². The first-order chi connectivity index (χ1) is 7.00. The van der Waals surface area contributed by atoms with Crippen molar-refractivity contribution >= 4 is 0 Å². The molecule has 1 aromatic carbocycles. The summed E-state index contributed by atoms with van der Waals surface area (Å²) in [5.74, 6) is 0. The van der Waals surface area contributed by atoms with Gasteiger partial charge in [-0.2, -0.15) is 0 Å². The molecular formula is C15H28. The predicted octanol–water partition coefficient (Wildman–Crippen LogP) is 5.34. The fraction of sp³-hybridized carbons (Fsp3) is 0.600. The molecule has 15 heavy (non-hydrogen) atoms. The van der Waals surface area contributed by atoms with E-state index in [9.17, 15) is 0 Å². The molecule has 0 nitrogen and oxygen atoms in total. The molecule has 0 aromatic heterocycles. The zero-order chi connectivity index (χ0) is 12.5. The molecule has 88 valence electrons. The first-order valence-electron chi connectivity index (χ1n) is 6.07. The number of hydrogen-bond acceptors (Lipinski definition) is 0. The van der Waals surface area contributed by atoms with Crippen molar-refractivity contribution < 1.29 is 0 Å². The Hall–Kier alpha value is -0.780.